The van der Waals surface area contributed by atoms with Crippen molar-refractivity contribution >= 4 is 45.2 Å². The van der Waals surface area contributed by atoms with Gasteiger partial charge in [-0.2, -0.15) is 0 Å². The van der Waals surface area contributed by atoms with Crippen LogP contribution in [-0.2, 0) is 9.53 Å². The molecule has 9 nitrogen and oxygen atoms in total. The lowest BCUT2D eigenvalue weighted by Gasteiger charge is -2.37. The predicted molar refractivity (Wildman–Crippen MR) is 126 cm³/mol. The van der Waals surface area contributed by atoms with Crippen LogP contribution in [0.2, 0.25) is 0 Å². The SMILES string of the molecule is CC(=O)NC[C@H]1CN(c2ccc(N3CCC(N(C)C(=O)c4ccc(Br)o4)CC3)c(F)c2)C(=O)O1. The van der Waals surface area contributed by atoms with Crippen molar-refractivity contribution in [2.75, 3.05) is 43.0 Å². The first-order valence-electron chi connectivity index (χ1n) is 11.0. The smallest absolute Gasteiger partial charge is 0.414 e. The maximum absolute atomic E-state index is 15.0. The van der Waals surface area contributed by atoms with Gasteiger partial charge >= 0.3 is 6.09 Å². The van der Waals surface area contributed by atoms with Gasteiger partial charge in [-0.15, -0.1) is 0 Å². The van der Waals surface area contributed by atoms with Crippen LogP contribution >= 0.6 is 15.9 Å². The largest absolute Gasteiger partial charge is 0.444 e. The van der Waals surface area contributed by atoms with E-state index in [0.717, 1.165) is 0 Å². The second-order valence-electron chi connectivity index (χ2n) is 8.43. The number of ether oxygens (including phenoxy) is 1. The molecule has 1 aromatic heterocycles. The molecule has 34 heavy (non-hydrogen) atoms. The molecule has 2 aliphatic rings. The fraction of sp³-hybridized carbons (Fsp3) is 0.435. The van der Waals surface area contributed by atoms with Gasteiger partial charge < -0.3 is 24.3 Å². The molecule has 182 valence electrons. The molecular formula is C23H26BrFN4O5. The first kappa shape index (κ1) is 24.1. The third kappa shape index (κ3) is 5.19. The number of nitrogens with zero attached hydrogens (tertiary/aromatic N) is 3. The van der Waals surface area contributed by atoms with Crippen LogP contribution in [0.25, 0.3) is 0 Å². The van der Waals surface area contributed by atoms with Crippen molar-refractivity contribution in [3.05, 3.63) is 46.6 Å². The van der Waals surface area contributed by atoms with Crippen LogP contribution in [0.5, 0.6) is 0 Å². The third-order valence-corrected chi connectivity index (χ3v) is 6.58. The van der Waals surface area contributed by atoms with Gasteiger partial charge in [0.2, 0.25) is 5.91 Å². The standard InChI is InChI=1S/C23H26BrFN4O5/c1-14(30)26-12-17-13-29(23(32)33-17)16-3-4-19(18(25)11-16)28-9-7-15(8-10-28)27(2)22(31)20-5-6-21(24)34-20/h3-6,11,15,17H,7-10,12-13H2,1-2H3,(H,26,30)/t17-/m0/s1. The summed E-state index contributed by atoms with van der Waals surface area (Å²) in [6.45, 7) is 3.01. The Morgan fingerprint density at radius 2 is 1.97 bits per heavy atom. The van der Waals surface area contributed by atoms with Crippen LogP contribution in [-0.4, -0.2) is 68.2 Å². The van der Waals surface area contributed by atoms with E-state index in [1.807, 2.05) is 4.90 Å². The third-order valence-electron chi connectivity index (χ3n) is 6.15. The molecule has 0 saturated carbocycles. The van der Waals surface area contributed by atoms with Gasteiger partial charge in [-0.05, 0) is 59.1 Å². The molecule has 0 spiro atoms. The molecule has 1 N–H and O–H groups in total. The van der Waals surface area contributed by atoms with Crippen molar-refractivity contribution in [2.24, 2.45) is 0 Å². The number of hydrogen-bond acceptors (Lipinski definition) is 6. The zero-order chi connectivity index (χ0) is 24.4. The van der Waals surface area contributed by atoms with Crippen LogP contribution in [0.3, 0.4) is 0 Å². The highest BCUT2D eigenvalue weighted by Crippen LogP contribution is 2.30. The Balaban J connectivity index is 1.35. The molecule has 2 aromatic rings. The van der Waals surface area contributed by atoms with E-state index in [-0.39, 0.29) is 36.7 Å². The van der Waals surface area contributed by atoms with E-state index in [0.29, 0.717) is 42.0 Å². The summed E-state index contributed by atoms with van der Waals surface area (Å²) in [5.41, 5.74) is 0.856. The highest BCUT2D eigenvalue weighted by molar-refractivity contribution is 9.10. The number of hydrogen-bond donors (Lipinski definition) is 1. The van der Waals surface area contributed by atoms with Crippen LogP contribution in [0.1, 0.15) is 30.3 Å². The van der Waals surface area contributed by atoms with Gasteiger partial charge in [0.25, 0.3) is 5.91 Å². The number of nitrogens with one attached hydrogen (secondary N) is 1. The molecule has 2 fully saturated rings. The van der Waals surface area contributed by atoms with E-state index in [1.165, 1.54) is 17.9 Å². The van der Waals surface area contributed by atoms with Crippen molar-refractivity contribution in [3.63, 3.8) is 0 Å². The highest BCUT2D eigenvalue weighted by Gasteiger charge is 2.33. The van der Waals surface area contributed by atoms with Gasteiger partial charge in [0.15, 0.2) is 10.4 Å². The van der Waals surface area contributed by atoms with E-state index in [1.54, 1.807) is 36.2 Å². The summed E-state index contributed by atoms with van der Waals surface area (Å²) in [5.74, 6) is -0.552. The number of benzene rings is 1. The first-order valence-corrected chi connectivity index (χ1v) is 11.8. The van der Waals surface area contributed by atoms with Gasteiger partial charge in [-0.3, -0.25) is 14.5 Å². The number of furan rings is 1. The van der Waals surface area contributed by atoms with Gasteiger partial charge in [0.05, 0.1) is 24.5 Å². The van der Waals surface area contributed by atoms with Crippen LogP contribution in [0.4, 0.5) is 20.6 Å². The molecule has 0 radical (unpaired) electrons. The molecule has 3 heterocycles. The number of piperidine rings is 1. The van der Waals surface area contributed by atoms with Gasteiger partial charge in [0.1, 0.15) is 11.9 Å². The van der Waals surface area contributed by atoms with Crippen LogP contribution < -0.4 is 15.1 Å². The second-order valence-corrected chi connectivity index (χ2v) is 9.21. The Bertz CT molecular complexity index is 1090. The molecule has 2 aliphatic heterocycles. The Morgan fingerprint density at radius 1 is 1.24 bits per heavy atom. The van der Waals surface area contributed by atoms with Gasteiger partial charge in [-0.1, -0.05) is 0 Å². The Kier molecular flexibility index (Phi) is 7.11. The summed E-state index contributed by atoms with van der Waals surface area (Å²) in [5, 5.41) is 2.62. The fourth-order valence-corrected chi connectivity index (χ4v) is 4.59. The molecule has 2 saturated heterocycles. The summed E-state index contributed by atoms with van der Waals surface area (Å²) in [6, 6.07) is 8.02. The first-order chi connectivity index (χ1) is 16.2. The highest BCUT2D eigenvalue weighted by atomic mass is 79.9. The Labute approximate surface area is 204 Å². The number of halogens is 2. The Hall–Kier alpha value is -3.08. The Morgan fingerprint density at radius 3 is 2.59 bits per heavy atom. The maximum atomic E-state index is 15.0. The summed E-state index contributed by atoms with van der Waals surface area (Å²) in [4.78, 5) is 40.9. The maximum Gasteiger partial charge on any atom is 0.414 e. The van der Waals surface area contributed by atoms with E-state index in [9.17, 15) is 14.4 Å². The summed E-state index contributed by atoms with van der Waals surface area (Å²) in [7, 11) is 1.75. The molecule has 1 atom stereocenters. The fourth-order valence-electron chi connectivity index (χ4n) is 4.28. The zero-order valence-electron chi connectivity index (χ0n) is 18.9. The summed E-state index contributed by atoms with van der Waals surface area (Å²) < 4.78 is 26.1. The van der Waals surface area contributed by atoms with Crippen molar-refractivity contribution in [1.29, 1.82) is 0 Å². The molecule has 1 aromatic carbocycles. The molecule has 0 bridgehead atoms. The lowest BCUT2D eigenvalue weighted by atomic mass is 10.0. The lowest BCUT2D eigenvalue weighted by molar-refractivity contribution is -0.119. The number of cyclic esters (lactones) is 1. The predicted octanol–water partition coefficient (Wildman–Crippen LogP) is 3.38. The average Bonchev–Trinajstić information content (AvgIpc) is 3.42. The second kappa shape index (κ2) is 10.0. The normalized spacial score (nSPS) is 18.7. The molecule has 3 amide bonds. The van der Waals surface area contributed by atoms with Gasteiger partial charge in [0, 0.05) is 33.1 Å². The van der Waals surface area contributed by atoms with Crippen molar-refractivity contribution in [1.82, 2.24) is 10.2 Å². The number of carbonyl (C=O) groups excluding carboxylic acids is 3. The van der Waals surface area contributed by atoms with Crippen molar-refractivity contribution < 1.29 is 27.9 Å². The molecule has 11 heteroatoms. The number of amides is 3. The van der Waals surface area contributed by atoms with Crippen LogP contribution in [0, 0.1) is 5.82 Å². The molecular weight excluding hydrogens is 511 g/mol. The zero-order valence-corrected chi connectivity index (χ0v) is 20.5. The topological polar surface area (TPSA) is 95.3 Å². The average molecular weight is 537 g/mol. The minimum atomic E-state index is -0.570. The minimum absolute atomic E-state index is 0.0230. The molecule has 0 aliphatic carbocycles. The molecule has 0 unspecified atom stereocenters. The summed E-state index contributed by atoms with van der Waals surface area (Å²) in [6.07, 6.45) is 0.322. The lowest BCUT2D eigenvalue weighted by Crippen LogP contribution is -2.45. The van der Waals surface area contributed by atoms with E-state index < -0.39 is 18.0 Å². The number of carbonyl (C=O) groups is 3. The minimum Gasteiger partial charge on any atom is -0.444 e. The van der Waals surface area contributed by atoms with Crippen molar-refractivity contribution in [3.8, 4) is 0 Å². The van der Waals surface area contributed by atoms with Crippen LogP contribution in [0.15, 0.2) is 39.4 Å². The van der Waals surface area contributed by atoms with Crippen molar-refractivity contribution in [2.45, 2.75) is 31.9 Å². The quantitative estimate of drug-likeness (QED) is 0.608. The van der Waals surface area contributed by atoms with E-state index in [2.05, 4.69) is 21.2 Å². The number of anilines is 2. The van der Waals surface area contributed by atoms with Gasteiger partial charge in [-0.25, -0.2) is 9.18 Å². The van der Waals surface area contributed by atoms with E-state index >= 15 is 4.39 Å². The van der Waals surface area contributed by atoms with E-state index in [4.69, 9.17) is 9.15 Å². The number of rotatable bonds is 6. The summed E-state index contributed by atoms with van der Waals surface area (Å²) >= 11 is 3.21. The molecule has 4 rings (SSSR count). The monoisotopic (exact) mass is 536 g/mol.